The molecule has 0 aliphatic carbocycles. The van der Waals surface area contributed by atoms with Gasteiger partial charge in [0.25, 0.3) is 11.6 Å². The monoisotopic (exact) mass is 313 g/mol. The molecule has 0 saturated carbocycles. The third kappa shape index (κ3) is 3.85. The lowest BCUT2D eigenvalue weighted by Crippen LogP contribution is -2.15. The molecule has 2 aromatic carbocycles. The second kappa shape index (κ2) is 6.91. The Kier molecular flexibility index (Phi) is 4.95. The first-order valence-electron chi connectivity index (χ1n) is 7.28. The van der Waals surface area contributed by atoms with Crippen molar-refractivity contribution >= 4 is 23.0 Å². The predicted molar refractivity (Wildman–Crippen MR) is 91.2 cm³/mol. The Labute approximate surface area is 134 Å². The minimum absolute atomic E-state index is 0.0926. The van der Waals surface area contributed by atoms with E-state index in [1.807, 2.05) is 25.1 Å². The average molecular weight is 313 g/mol. The number of nitrogens with one attached hydrogen (secondary N) is 1. The first-order valence-corrected chi connectivity index (χ1v) is 7.28. The van der Waals surface area contributed by atoms with Crippen LogP contribution in [0.1, 0.15) is 22.8 Å². The molecule has 0 atom stereocenters. The van der Waals surface area contributed by atoms with E-state index < -0.39 is 4.92 Å². The molecule has 1 N–H and O–H groups in total. The zero-order valence-corrected chi connectivity index (χ0v) is 13.4. The molecule has 120 valence electrons. The van der Waals surface area contributed by atoms with Crippen LogP contribution in [-0.2, 0) is 6.42 Å². The number of nitro benzene ring substituents is 1. The second-order valence-corrected chi connectivity index (χ2v) is 5.36. The van der Waals surface area contributed by atoms with Crippen molar-refractivity contribution in [2.75, 3.05) is 24.3 Å². The number of amides is 1. The summed E-state index contributed by atoms with van der Waals surface area (Å²) in [5.41, 5.74) is 2.40. The van der Waals surface area contributed by atoms with Gasteiger partial charge in [0.05, 0.1) is 4.92 Å². The molecule has 23 heavy (non-hydrogen) atoms. The fourth-order valence-electron chi connectivity index (χ4n) is 2.26. The number of nitro groups is 1. The number of carbonyl (C=O) groups excluding carboxylic acids is 1. The SMILES string of the molecule is CCc1cccc(NC(=O)c2ccc(N(C)C)c([N+](=O)[O-])c2)c1. The van der Waals surface area contributed by atoms with Gasteiger partial charge in [-0.05, 0) is 36.2 Å². The molecule has 0 unspecified atom stereocenters. The molecule has 0 fully saturated rings. The standard InChI is InChI=1S/C17H19N3O3/c1-4-12-6-5-7-14(10-12)18-17(21)13-8-9-15(19(2)3)16(11-13)20(22)23/h5-11H,4H2,1-3H3,(H,18,21). The third-order valence-corrected chi connectivity index (χ3v) is 3.51. The van der Waals surface area contributed by atoms with Gasteiger partial charge in [-0.1, -0.05) is 19.1 Å². The van der Waals surface area contributed by atoms with Crippen molar-refractivity contribution in [1.29, 1.82) is 0 Å². The van der Waals surface area contributed by atoms with Gasteiger partial charge in [0, 0.05) is 31.4 Å². The van der Waals surface area contributed by atoms with Gasteiger partial charge in [0.2, 0.25) is 0 Å². The molecule has 0 bridgehead atoms. The zero-order valence-electron chi connectivity index (χ0n) is 13.4. The highest BCUT2D eigenvalue weighted by atomic mass is 16.6. The smallest absolute Gasteiger partial charge is 0.293 e. The summed E-state index contributed by atoms with van der Waals surface area (Å²) in [5.74, 6) is -0.369. The fourth-order valence-corrected chi connectivity index (χ4v) is 2.26. The topological polar surface area (TPSA) is 75.5 Å². The maximum absolute atomic E-state index is 12.3. The number of hydrogen-bond donors (Lipinski definition) is 1. The Morgan fingerprint density at radius 1 is 1.22 bits per heavy atom. The number of aryl methyl sites for hydroxylation is 1. The van der Waals surface area contributed by atoms with Crippen molar-refractivity contribution in [2.24, 2.45) is 0 Å². The number of anilines is 2. The van der Waals surface area contributed by atoms with Crippen molar-refractivity contribution in [3.05, 3.63) is 63.7 Å². The van der Waals surface area contributed by atoms with Gasteiger partial charge in [-0.3, -0.25) is 14.9 Å². The van der Waals surface area contributed by atoms with Gasteiger partial charge in [-0.25, -0.2) is 0 Å². The van der Waals surface area contributed by atoms with Gasteiger partial charge in [-0.2, -0.15) is 0 Å². The van der Waals surface area contributed by atoms with Crippen LogP contribution in [0.5, 0.6) is 0 Å². The summed E-state index contributed by atoms with van der Waals surface area (Å²) >= 11 is 0. The quantitative estimate of drug-likeness (QED) is 0.677. The van der Waals surface area contributed by atoms with Crippen molar-refractivity contribution in [1.82, 2.24) is 0 Å². The normalized spacial score (nSPS) is 10.2. The summed E-state index contributed by atoms with van der Waals surface area (Å²) in [6.07, 6.45) is 0.868. The summed E-state index contributed by atoms with van der Waals surface area (Å²) in [5, 5.41) is 14.0. The van der Waals surface area contributed by atoms with E-state index in [4.69, 9.17) is 0 Å². The van der Waals surface area contributed by atoms with Crippen LogP contribution in [0.25, 0.3) is 0 Å². The molecule has 0 radical (unpaired) electrons. The van der Waals surface area contributed by atoms with Gasteiger partial charge in [0.15, 0.2) is 0 Å². The molecule has 0 heterocycles. The van der Waals surface area contributed by atoms with Gasteiger partial charge >= 0.3 is 0 Å². The van der Waals surface area contributed by atoms with Crippen LogP contribution in [0.15, 0.2) is 42.5 Å². The molecule has 0 aliphatic rings. The van der Waals surface area contributed by atoms with Crippen molar-refractivity contribution in [3.63, 3.8) is 0 Å². The molecule has 0 spiro atoms. The minimum atomic E-state index is -0.482. The van der Waals surface area contributed by atoms with E-state index in [-0.39, 0.29) is 17.2 Å². The van der Waals surface area contributed by atoms with Crippen LogP contribution in [-0.4, -0.2) is 24.9 Å². The summed E-state index contributed by atoms with van der Waals surface area (Å²) in [6.45, 7) is 2.03. The van der Waals surface area contributed by atoms with Crippen molar-refractivity contribution in [2.45, 2.75) is 13.3 Å². The first-order chi connectivity index (χ1) is 10.9. The third-order valence-electron chi connectivity index (χ3n) is 3.51. The Morgan fingerprint density at radius 3 is 2.57 bits per heavy atom. The number of carbonyl (C=O) groups is 1. The lowest BCUT2D eigenvalue weighted by atomic mass is 10.1. The van der Waals surface area contributed by atoms with Crippen LogP contribution in [0, 0.1) is 10.1 Å². The number of benzene rings is 2. The molecule has 2 aromatic rings. The van der Waals surface area contributed by atoms with E-state index in [2.05, 4.69) is 5.32 Å². The molecular weight excluding hydrogens is 294 g/mol. The van der Waals surface area contributed by atoms with Crippen molar-refractivity contribution < 1.29 is 9.72 Å². The van der Waals surface area contributed by atoms with Gasteiger partial charge in [-0.15, -0.1) is 0 Å². The Morgan fingerprint density at radius 2 is 1.96 bits per heavy atom. The Bertz CT molecular complexity index is 742. The van der Waals surface area contributed by atoms with E-state index in [0.717, 1.165) is 12.0 Å². The maximum Gasteiger partial charge on any atom is 0.293 e. The molecule has 0 aromatic heterocycles. The highest BCUT2D eigenvalue weighted by molar-refractivity contribution is 6.05. The summed E-state index contributed by atoms with van der Waals surface area (Å²) < 4.78 is 0. The predicted octanol–water partition coefficient (Wildman–Crippen LogP) is 3.48. The lowest BCUT2D eigenvalue weighted by molar-refractivity contribution is -0.384. The summed E-state index contributed by atoms with van der Waals surface area (Å²) in [4.78, 5) is 24.7. The van der Waals surface area contributed by atoms with E-state index in [9.17, 15) is 14.9 Å². The Balaban J connectivity index is 2.28. The van der Waals surface area contributed by atoms with E-state index in [0.29, 0.717) is 11.4 Å². The van der Waals surface area contributed by atoms with Crippen LogP contribution >= 0.6 is 0 Å². The van der Waals surface area contributed by atoms with Gasteiger partial charge < -0.3 is 10.2 Å². The van der Waals surface area contributed by atoms with E-state index >= 15 is 0 Å². The van der Waals surface area contributed by atoms with Crippen LogP contribution in [0.2, 0.25) is 0 Å². The van der Waals surface area contributed by atoms with Gasteiger partial charge in [0.1, 0.15) is 5.69 Å². The van der Waals surface area contributed by atoms with Crippen molar-refractivity contribution in [3.8, 4) is 0 Å². The zero-order chi connectivity index (χ0) is 17.0. The Hall–Kier alpha value is -2.89. The van der Waals surface area contributed by atoms with Crippen LogP contribution in [0.3, 0.4) is 0 Å². The molecule has 1 amide bonds. The summed E-state index contributed by atoms with van der Waals surface area (Å²) in [6, 6.07) is 12.0. The molecule has 2 rings (SSSR count). The largest absolute Gasteiger partial charge is 0.372 e. The highest BCUT2D eigenvalue weighted by Gasteiger charge is 2.18. The summed E-state index contributed by atoms with van der Waals surface area (Å²) in [7, 11) is 3.44. The highest BCUT2D eigenvalue weighted by Crippen LogP contribution is 2.28. The molecule has 0 saturated heterocycles. The lowest BCUT2D eigenvalue weighted by Gasteiger charge is -2.13. The number of hydrogen-bond acceptors (Lipinski definition) is 4. The van der Waals surface area contributed by atoms with Crippen LogP contribution < -0.4 is 10.2 Å². The van der Waals surface area contributed by atoms with E-state index in [1.54, 1.807) is 37.2 Å². The molecular formula is C17H19N3O3. The van der Waals surface area contributed by atoms with Crippen LogP contribution in [0.4, 0.5) is 17.1 Å². The molecule has 6 heteroatoms. The second-order valence-electron chi connectivity index (χ2n) is 5.36. The molecule has 0 aliphatic heterocycles. The van der Waals surface area contributed by atoms with E-state index in [1.165, 1.54) is 6.07 Å². The number of nitrogens with zero attached hydrogens (tertiary/aromatic N) is 2. The first kappa shape index (κ1) is 16.5. The maximum atomic E-state index is 12.3. The minimum Gasteiger partial charge on any atom is -0.372 e. The molecule has 6 nitrogen and oxygen atoms in total. The average Bonchev–Trinajstić information content (AvgIpc) is 2.54. The number of rotatable bonds is 5. The fraction of sp³-hybridized carbons (Fsp3) is 0.235.